The molecule has 7 heteroatoms. The first-order valence-electron chi connectivity index (χ1n) is 7.73. The van der Waals surface area contributed by atoms with Crippen LogP contribution in [0, 0.1) is 12.3 Å². The van der Waals surface area contributed by atoms with E-state index in [1.54, 1.807) is 12.1 Å². The van der Waals surface area contributed by atoms with E-state index in [0.717, 1.165) is 37.0 Å². The lowest BCUT2D eigenvalue weighted by molar-refractivity contribution is -0.119. The second kappa shape index (κ2) is 7.95. The summed E-state index contributed by atoms with van der Waals surface area (Å²) in [6.07, 6.45) is 10.4. The average Bonchev–Trinajstić information content (AvgIpc) is 3.01. The lowest BCUT2D eigenvalue weighted by Crippen LogP contribution is -2.41. The zero-order valence-corrected chi connectivity index (χ0v) is 14.9. The van der Waals surface area contributed by atoms with Crippen LogP contribution in [-0.2, 0) is 21.4 Å². The molecule has 1 heterocycles. The van der Waals surface area contributed by atoms with Gasteiger partial charge < -0.3 is 5.32 Å². The largest absolute Gasteiger partial charge is 0.351 e. The number of terminal acetylenes is 1. The van der Waals surface area contributed by atoms with Crippen molar-refractivity contribution in [3.8, 4) is 12.3 Å². The van der Waals surface area contributed by atoms with E-state index in [4.69, 9.17) is 6.42 Å². The highest BCUT2D eigenvalue weighted by Gasteiger charge is 2.32. The maximum Gasteiger partial charge on any atom is 0.253 e. The second-order valence-corrected chi connectivity index (χ2v) is 8.96. The van der Waals surface area contributed by atoms with Gasteiger partial charge in [-0.15, -0.1) is 17.8 Å². The summed E-state index contributed by atoms with van der Waals surface area (Å²) in [6, 6.07) is 3.33. The Morgan fingerprint density at radius 3 is 2.70 bits per heavy atom. The summed E-state index contributed by atoms with van der Waals surface area (Å²) in [5.41, 5.74) is 0. The van der Waals surface area contributed by atoms with Crippen LogP contribution in [0.4, 0.5) is 0 Å². The minimum absolute atomic E-state index is 0.00862. The molecule has 1 fully saturated rings. The molecule has 1 N–H and O–H groups in total. The second-order valence-electron chi connectivity index (χ2n) is 5.68. The predicted molar refractivity (Wildman–Crippen MR) is 91.4 cm³/mol. The van der Waals surface area contributed by atoms with Crippen LogP contribution in [0.5, 0.6) is 0 Å². The van der Waals surface area contributed by atoms with Gasteiger partial charge in [0.2, 0.25) is 5.91 Å². The van der Waals surface area contributed by atoms with E-state index in [0.29, 0.717) is 10.8 Å². The molecule has 2 rings (SSSR count). The highest BCUT2D eigenvalue weighted by molar-refractivity contribution is 7.91. The summed E-state index contributed by atoms with van der Waals surface area (Å²) in [6.45, 7) is 1.88. The molecule has 1 aromatic heterocycles. The van der Waals surface area contributed by atoms with Crippen LogP contribution in [0.25, 0.3) is 0 Å². The van der Waals surface area contributed by atoms with Crippen molar-refractivity contribution in [2.75, 3.05) is 6.54 Å². The van der Waals surface area contributed by atoms with E-state index >= 15 is 0 Å². The number of rotatable bonds is 6. The summed E-state index contributed by atoms with van der Waals surface area (Å²) >= 11 is 1.19. The molecule has 0 radical (unpaired) electrons. The van der Waals surface area contributed by atoms with E-state index in [-0.39, 0.29) is 18.5 Å². The third-order valence-corrected chi connectivity index (χ3v) is 7.39. The molecule has 23 heavy (non-hydrogen) atoms. The molecule has 1 aromatic rings. The fraction of sp³-hybridized carbons (Fsp3) is 0.562. The Bertz CT molecular complexity index is 682. The lowest BCUT2D eigenvalue weighted by atomic mass is 9.95. The monoisotopic (exact) mass is 354 g/mol. The number of hydrogen-bond donors (Lipinski definition) is 1. The van der Waals surface area contributed by atoms with Gasteiger partial charge in [0, 0.05) is 17.8 Å². The number of sulfonamides is 1. The molecule has 1 aliphatic carbocycles. The van der Waals surface area contributed by atoms with E-state index < -0.39 is 10.0 Å². The summed E-state index contributed by atoms with van der Waals surface area (Å²) in [5, 5.41) is 2.68. The van der Waals surface area contributed by atoms with Crippen LogP contribution in [-0.4, -0.2) is 31.2 Å². The topological polar surface area (TPSA) is 66.5 Å². The minimum Gasteiger partial charge on any atom is -0.351 e. The zero-order valence-electron chi connectivity index (χ0n) is 13.2. The van der Waals surface area contributed by atoms with Gasteiger partial charge in [-0.1, -0.05) is 25.2 Å². The van der Waals surface area contributed by atoms with Gasteiger partial charge >= 0.3 is 0 Å². The summed E-state index contributed by atoms with van der Waals surface area (Å²) in [5.74, 6) is 2.34. The quantitative estimate of drug-likeness (QED) is 0.798. The highest BCUT2D eigenvalue weighted by atomic mass is 32.2. The molecule has 0 aliphatic heterocycles. The molecule has 5 nitrogen and oxygen atoms in total. The smallest absolute Gasteiger partial charge is 0.253 e. The first kappa shape index (κ1) is 18.0. The van der Waals surface area contributed by atoms with Gasteiger partial charge in [0.15, 0.2) is 0 Å². The molecule has 126 valence electrons. The molecule has 0 unspecified atom stereocenters. The van der Waals surface area contributed by atoms with Crippen LogP contribution in [0.1, 0.15) is 43.9 Å². The van der Waals surface area contributed by atoms with Crippen LogP contribution in [0.2, 0.25) is 0 Å². The lowest BCUT2D eigenvalue weighted by Gasteiger charge is -2.31. The van der Waals surface area contributed by atoms with Gasteiger partial charge in [-0.2, -0.15) is 4.31 Å². The van der Waals surface area contributed by atoms with Crippen molar-refractivity contribution in [3.63, 3.8) is 0 Å². The molecule has 1 amide bonds. The number of carbonyl (C=O) groups is 1. The Morgan fingerprint density at radius 2 is 2.09 bits per heavy atom. The molecule has 0 aromatic carbocycles. The number of amides is 1. The Hall–Kier alpha value is -1.36. The third-order valence-electron chi connectivity index (χ3n) is 3.94. The van der Waals surface area contributed by atoms with Crippen molar-refractivity contribution in [2.24, 2.45) is 0 Å². The van der Waals surface area contributed by atoms with Crippen LogP contribution < -0.4 is 5.32 Å². The zero-order chi connectivity index (χ0) is 16.9. The normalized spacial score (nSPS) is 16.2. The number of thiophene rings is 1. The van der Waals surface area contributed by atoms with Gasteiger partial charge in [0.1, 0.15) is 4.21 Å². The van der Waals surface area contributed by atoms with E-state index in [2.05, 4.69) is 11.2 Å². The SMILES string of the molecule is C#CCN(C1CCCCC1)S(=O)(=O)c1ccc(CNC(C)=O)s1. The minimum atomic E-state index is -3.58. The van der Waals surface area contributed by atoms with Crippen molar-refractivity contribution in [1.29, 1.82) is 0 Å². The van der Waals surface area contributed by atoms with Crippen LogP contribution in [0.15, 0.2) is 16.3 Å². The van der Waals surface area contributed by atoms with Gasteiger partial charge in [-0.05, 0) is 25.0 Å². The fourth-order valence-corrected chi connectivity index (χ4v) is 5.81. The Balaban J connectivity index is 2.20. The first-order chi connectivity index (χ1) is 10.9. The van der Waals surface area contributed by atoms with Crippen molar-refractivity contribution >= 4 is 27.3 Å². The molecule has 1 saturated carbocycles. The molecule has 0 saturated heterocycles. The Labute approximate surface area is 142 Å². The van der Waals surface area contributed by atoms with Crippen molar-refractivity contribution in [3.05, 3.63) is 17.0 Å². The molecule has 0 spiro atoms. The van der Waals surface area contributed by atoms with E-state index in [1.807, 2.05) is 0 Å². The molecule has 1 aliphatic rings. The standard InChI is InChI=1S/C16H22N2O3S2/c1-3-11-18(14-7-5-4-6-8-14)23(20,21)16-10-9-15(22-16)12-17-13(2)19/h1,9-10,14H,4-8,11-12H2,2H3,(H,17,19). The third kappa shape index (κ3) is 4.56. The summed E-state index contributed by atoms with van der Waals surface area (Å²) < 4.78 is 27.6. The maximum atomic E-state index is 12.9. The van der Waals surface area contributed by atoms with E-state index in [9.17, 15) is 13.2 Å². The molecular weight excluding hydrogens is 332 g/mol. The molecular formula is C16H22N2O3S2. The number of carbonyl (C=O) groups excluding carboxylic acids is 1. The number of hydrogen-bond acceptors (Lipinski definition) is 4. The van der Waals surface area contributed by atoms with Crippen molar-refractivity contribution in [2.45, 2.75) is 55.8 Å². The van der Waals surface area contributed by atoms with Gasteiger partial charge in [-0.3, -0.25) is 4.79 Å². The van der Waals surface area contributed by atoms with Gasteiger partial charge in [0.25, 0.3) is 10.0 Å². The van der Waals surface area contributed by atoms with Crippen LogP contribution >= 0.6 is 11.3 Å². The van der Waals surface area contributed by atoms with Crippen LogP contribution in [0.3, 0.4) is 0 Å². The van der Waals surface area contributed by atoms with Gasteiger partial charge in [0.05, 0.1) is 13.1 Å². The Kier molecular flexibility index (Phi) is 6.22. The van der Waals surface area contributed by atoms with E-state index in [1.165, 1.54) is 22.6 Å². The summed E-state index contributed by atoms with van der Waals surface area (Å²) in [7, 11) is -3.58. The van der Waals surface area contributed by atoms with Gasteiger partial charge in [-0.25, -0.2) is 8.42 Å². The average molecular weight is 354 g/mol. The van der Waals surface area contributed by atoms with Crippen molar-refractivity contribution in [1.82, 2.24) is 9.62 Å². The predicted octanol–water partition coefficient (Wildman–Crippen LogP) is 2.34. The summed E-state index contributed by atoms with van der Waals surface area (Å²) in [4.78, 5) is 11.8. The number of nitrogens with zero attached hydrogens (tertiary/aromatic N) is 1. The van der Waals surface area contributed by atoms with Crippen molar-refractivity contribution < 1.29 is 13.2 Å². The number of nitrogens with one attached hydrogen (secondary N) is 1. The Morgan fingerprint density at radius 1 is 1.39 bits per heavy atom. The molecule has 0 bridgehead atoms. The highest BCUT2D eigenvalue weighted by Crippen LogP contribution is 2.30. The first-order valence-corrected chi connectivity index (χ1v) is 9.99. The maximum absolute atomic E-state index is 12.9. The molecule has 0 atom stereocenters. The fourth-order valence-electron chi connectivity index (χ4n) is 2.79.